The van der Waals surface area contributed by atoms with Gasteiger partial charge in [-0.2, -0.15) is 0 Å². The van der Waals surface area contributed by atoms with Gasteiger partial charge in [0.2, 0.25) is 0 Å². The molecule has 3 rings (SSSR count). The Morgan fingerprint density at radius 1 is 1.08 bits per heavy atom. The molecule has 1 N–H and O–H groups in total. The number of morpholine rings is 1. The molecule has 0 aliphatic carbocycles. The first-order valence-corrected chi connectivity index (χ1v) is 8.70. The number of carbonyl (C=O) groups excluding carboxylic acids is 1. The van der Waals surface area contributed by atoms with Gasteiger partial charge in [0.1, 0.15) is 6.10 Å². The van der Waals surface area contributed by atoms with Crippen molar-refractivity contribution in [3.63, 3.8) is 0 Å². The standard InChI is InChI=1S/C21H23NO4/c1-13-4-5-14(2)18(10-13)19-11-22(15(3)12-26-19)20(23)16-6-8-17(9-7-16)21(24)25/h4-10,15,19H,11-12H2,1-3H3,(H,24,25). The number of aryl methyl sites for hydroxylation is 2. The number of hydrogen-bond acceptors (Lipinski definition) is 3. The lowest BCUT2D eigenvalue weighted by Gasteiger charge is -2.38. The van der Waals surface area contributed by atoms with Crippen molar-refractivity contribution >= 4 is 11.9 Å². The van der Waals surface area contributed by atoms with E-state index < -0.39 is 5.97 Å². The predicted octanol–water partition coefficient (Wildman–Crippen LogP) is 3.60. The molecule has 1 saturated heterocycles. The minimum Gasteiger partial charge on any atom is -0.478 e. The summed E-state index contributed by atoms with van der Waals surface area (Å²) in [6.07, 6.45) is -0.159. The topological polar surface area (TPSA) is 66.8 Å². The Bertz CT molecular complexity index is 828. The molecule has 26 heavy (non-hydrogen) atoms. The maximum atomic E-state index is 12.9. The summed E-state index contributed by atoms with van der Waals surface area (Å²) in [6.45, 7) is 7.00. The minimum absolute atomic E-state index is 0.0389. The van der Waals surface area contributed by atoms with Crippen molar-refractivity contribution in [3.8, 4) is 0 Å². The number of amides is 1. The SMILES string of the molecule is Cc1ccc(C)c(C2CN(C(=O)c3ccc(C(=O)O)cc3)C(C)CO2)c1. The van der Waals surface area contributed by atoms with Crippen LogP contribution in [0.4, 0.5) is 0 Å². The maximum Gasteiger partial charge on any atom is 0.335 e. The van der Waals surface area contributed by atoms with Crippen LogP contribution in [-0.4, -0.2) is 41.1 Å². The third-order valence-electron chi connectivity index (χ3n) is 4.85. The number of hydrogen-bond donors (Lipinski definition) is 1. The molecule has 0 radical (unpaired) electrons. The van der Waals surface area contributed by atoms with E-state index in [1.165, 1.54) is 12.1 Å². The number of nitrogens with zero attached hydrogens (tertiary/aromatic N) is 1. The van der Waals surface area contributed by atoms with Crippen LogP contribution in [-0.2, 0) is 4.74 Å². The molecule has 0 aromatic heterocycles. The number of rotatable bonds is 3. The largest absolute Gasteiger partial charge is 0.478 e. The zero-order valence-electron chi connectivity index (χ0n) is 15.2. The van der Waals surface area contributed by atoms with E-state index in [-0.39, 0.29) is 23.6 Å². The molecule has 1 amide bonds. The van der Waals surface area contributed by atoms with Crippen molar-refractivity contribution < 1.29 is 19.4 Å². The van der Waals surface area contributed by atoms with E-state index >= 15 is 0 Å². The van der Waals surface area contributed by atoms with E-state index in [0.717, 1.165) is 16.7 Å². The normalized spacial score (nSPS) is 20.0. The first kappa shape index (κ1) is 18.1. The third-order valence-corrected chi connectivity index (χ3v) is 4.85. The van der Waals surface area contributed by atoms with Crippen molar-refractivity contribution in [1.82, 2.24) is 4.90 Å². The fraction of sp³-hybridized carbons (Fsp3) is 0.333. The van der Waals surface area contributed by atoms with E-state index in [1.54, 1.807) is 12.1 Å². The monoisotopic (exact) mass is 353 g/mol. The Labute approximate surface area is 153 Å². The fourth-order valence-electron chi connectivity index (χ4n) is 3.26. The van der Waals surface area contributed by atoms with Crippen molar-refractivity contribution in [3.05, 3.63) is 70.3 Å². The maximum absolute atomic E-state index is 12.9. The second-order valence-electron chi connectivity index (χ2n) is 6.87. The van der Waals surface area contributed by atoms with Crippen LogP contribution in [0.2, 0.25) is 0 Å². The summed E-state index contributed by atoms with van der Waals surface area (Å²) in [5.41, 5.74) is 4.08. The van der Waals surface area contributed by atoms with Gasteiger partial charge in [-0.3, -0.25) is 4.79 Å². The molecule has 0 saturated carbocycles. The van der Waals surface area contributed by atoms with Crippen LogP contribution in [0.3, 0.4) is 0 Å². The van der Waals surface area contributed by atoms with E-state index in [1.807, 2.05) is 25.7 Å². The number of aromatic carboxylic acids is 1. The van der Waals surface area contributed by atoms with Crippen molar-refractivity contribution in [2.75, 3.05) is 13.2 Å². The Balaban J connectivity index is 1.82. The average Bonchev–Trinajstić information content (AvgIpc) is 2.64. The molecule has 0 bridgehead atoms. The van der Waals surface area contributed by atoms with Gasteiger partial charge < -0.3 is 14.7 Å². The van der Waals surface area contributed by atoms with Crippen LogP contribution in [0.5, 0.6) is 0 Å². The second kappa shape index (κ2) is 7.30. The lowest BCUT2D eigenvalue weighted by atomic mass is 9.98. The Kier molecular flexibility index (Phi) is 5.09. The van der Waals surface area contributed by atoms with Gasteiger partial charge in [-0.05, 0) is 56.2 Å². The van der Waals surface area contributed by atoms with Gasteiger partial charge in [-0.1, -0.05) is 23.8 Å². The van der Waals surface area contributed by atoms with Crippen molar-refractivity contribution in [2.45, 2.75) is 32.9 Å². The molecular formula is C21H23NO4. The van der Waals surface area contributed by atoms with Gasteiger partial charge in [0.05, 0.1) is 24.8 Å². The molecule has 1 fully saturated rings. The third kappa shape index (κ3) is 3.63. The Hall–Kier alpha value is -2.66. The van der Waals surface area contributed by atoms with E-state index in [2.05, 4.69) is 18.2 Å². The summed E-state index contributed by atoms with van der Waals surface area (Å²) in [7, 11) is 0. The quantitative estimate of drug-likeness (QED) is 0.915. The summed E-state index contributed by atoms with van der Waals surface area (Å²) in [5.74, 6) is -1.10. The molecule has 2 aromatic carbocycles. The van der Waals surface area contributed by atoms with Gasteiger partial charge in [-0.15, -0.1) is 0 Å². The van der Waals surface area contributed by atoms with Gasteiger partial charge in [-0.25, -0.2) is 4.79 Å². The van der Waals surface area contributed by atoms with Crippen LogP contribution >= 0.6 is 0 Å². The molecule has 5 heteroatoms. The van der Waals surface area contributed by atoms with Crippen LogP contribution in [0.15, 0.2) is 42.5 Å². The Morgan fingerprint density at radius 3 is 2.38 bits per heavy atom. The number of carboxylic acids is 1. The lowest BCUT2D eigenvalue weighted by Crippen LogP contribution is -2.48. The molecule has 1 heterocycles. The summed E-state index contributed by atoms with van der Waals surface area (Å²) >= 11 is 0. The smallest absolute Gasteiger partial charge is 0.335 e. The summed E-state index contributed by atoms with van der Waals surface area (Å²) < 4.78 is 6.01. The van der Waals surface area contributed by atoms with Crippen LogP contribution in [0.1, 0.15) is 50.4 Å². The lowest BCUT2D eigenvalue weighted by molar-refractivity contribution is -0.0489. The van der Waals surface area contributed by atoms with E-state index in [9.17, 15) is 9.59 Å². The van der Waals surface area contributed by atoms with E-state index in [4.69, 9.17) is 9.84 Å². The molecule has 2 aromatic rings. The molecule has 1 aliphatic rings. The molecule has 136 valence electrons. The Morgan fingerprint density at radius 2 is 1.73 bits per heavy atom. The van der Waals surface area contributed by atoms with Crippen molar-refractivity contribution in [2.24, 2.45) is 0 Å². The van der Waals surface area contributed by atoms with Gasteiger partial charge in [0, 0.05) is 5.56 Å². The van der Waals surface area contributed by atoms with Gasteiger partial charge >= 0.3 is 5.97 Å². The van der Waals surface area contributed by atoms with Gasteiger partial charge in [0.15, 0.2) is 0 Å². The molecule has 0 spiro atoms. The minimum atomic E-state index is -1.00. The van der Waals surface area contributed by atoms with E-state index in [0.29, 0.717) is 18.7 Å². The number of ether oxygens (including phenoxy) is 1. The van der Waals surface area contributed by atoms with Gasteiger partial charge in [0.25, 0.3) is 5.91 Å². The number of carboxylic acid groups (broad SMARTS) is 1. The summed E-state index contributed by atoms with van der Waals surface area (Å²) in [6, 6.07) is 12.3. The first-order valence-electron chi connectivity index (χ1n) is 8.70. The zero-order valence-corrected chi connectivity index (χ0v) is 15.2. The highest BCUT2D eigenvalue weighted by Gasteiger charge is 2.31. The molecule has 1 aliphatic heterocycles. The second-order valence-corrected chi connectivity index (χ2v) is 6.87. The molecule has 2 atom stereocenters. The van der Waals surface area contributed by atoms with Crippen LogP contribution in [0, 0.1) is 13.8 Å². The molecule has 5 nitrogen and oxygen atoms in total. The van der Waals surface area contributed by atoms with Crippen LogP contribution in [0.25, 0.3) is 0 Å². The highest BCUT2D eigenvalue weighted by molar-refractivity contribution is 5.96. The van der Waals surface area contributed by atoms with Crippen molar-refractivity contribution in [1.29, 1.82) is 0 Å². The highest BCUT2D eigenvalue weighted by Crippen LogP contribution is 2.29. The molecule has 2 unspecified atom stereocenters. The molecular weight excluding hydrogens is 330 g/mol. The first-order chi connectivity index (χ1) is 12.4. The predicted molar refractivity (Wildman–Crippen MR) is 98.5 cm³/mol. The fourth-order valence-corrected chi connectivity index (χ4v) is 3.26. The van der Waals surface area contributed by atoms with Crippen LogP contribution < -0.4 is 0 Å². The zero-order chi connectivity index (χ0) is 18.8. The highest BCUT2D eigenvalue weighted by atomic mass is 16.5. The average molecular weight is 353 g/mol. The number of benzene rings is 2. The summed E-state index contributed by atoms with van der Waals surface area (Å²) in [4.78, 5) is 25.7. The number of carbonyl (C=O) groups is 2. The summed E-state index contributed by atoms with van der Waals surface area (Å²) in [5, 5.41) is 9.00.